The third kappa shape index (κ3) is 3.95. The van der Waals surface area contributed by atoms with Gasteiger partial charge in [-0.25, -0.2) is 4.39 Å². The standard InChI is InChI=1S/C13H13BrF4N2O2/c14-9-4-11(15)10(12(5-9)20(21)22)7-19-3-1-2-8(6-19)13(16,17)18/h4-5,8H,1-3,6-7H2. The zero-order chi connectivity index (χ0) is 16.5. The number of nitrogens with zero attached hydrogens (tertiary/aromatic N) is 2. The molecule has 1 fully saturated rings. The van der Waals surface area contributed by atoms with Gasteiger partial charge < -0.3 is 0 Å². The van der Waals surface area contributed by atoms with Crippen molar-refractivity contribution in [1.82, 2.24) is 4.90 Å². The second kappa shape index (κ2) is 6.49. The maximum atomic E-state index is 14.0. The van der Waals surface area contributed by atoms with Gasteiger partial charge in [-0.3, -0.25) is 15.0 Å². The first kappa shape index (κ1) is 17.1. The van der Waals surface area contributed by atoms with E-state index in [2.05, 4.69) is 15.9 Å². The van der Waals surface area contributed by atoms with Gasteiger partial charge >= 0.3 is 6.18 Å². The molecule has 0 aromatic heterocycles. The molecule has 22 heavy (non-hydrogen) atoms. The lowest BCUT2D eigenvalue weighted by molar-refractivity contribution is -0.386. The zero-order valence-electron chi connectivity index (χ0n) is 11.4. The van der Waals surface area contributed by atoms with E-state index in [1.54, 1.807) is 0 Å². The summed E-state index contributed by atoms with van der Waals surface area (Å²) in [6, 6.07) is 2.23. The predicted molar refractivity (Wildman–Crippen MR) is 74.8 cm³/mol. The van der Waals surface area contributed by atoms with Crippen LogP contribution in [0.5, 0.6) is 0 Å². The van der Waals surface area contributed by atoms with Crippen LogP contribution in [0.4, 0.5) is 23.2 Å². The minimum atomic E-state index is -4.30. The van der Waals surface area contributed by atoms with Gasteiger partial charge in [-0.15, -0.1) is 0 Å². The molecule has 1 unspecified atom stereocenters. The van der Waals surface area contributed by atoms with E-state index in [-0.39, 0.29) is 29.5 Å². The fourth-order valence-electron chi connectivity index (χ4n) is 2.60. The first-order chi connectivity index (χ1) is 10.2. The van der Waals surface area contributed by atoms with Crippen LogP contribution in [-0.4, -0.2) is 29.1 Å². The van der Waals surface area contributed by atoms with Crippen molar-refractivity contribution in [3.05, 3.63) is 38.1 Å². The smallest absolute Gasteiger partial charge is 0.298 e. The molecule has 0 N–H and O–H groups in total. The molecule has 122 valence electrons. The summed E-state index contributed by atoms with van der Waals surface area (Å²) >= 11 is 2.97. The molecule has 1 aromatic carbocycles. The van der Waals surface area contributed by atoms with Crippen LogP contribution in [0.1, 0.15) is 18.4 Å². The average molecular weight is 385 g/mol. The Hall–Kier alpha value is -1.22. The van der Waals surface area contributed by atoms with Gasteiger partial charge in [-0.1, -0.05) is 15.9 Å². The number of halogens is 5. The van der Waals surface area contributed by atoms with Crippen LogP contribution < -0.4 is 0 Å². The van der Waals surface area contributed by atoms with E-state index in [9.17, 15) is 27.7 Å². The molecule has 1 saturated heterocycles. The van der Waals surface area contributed by atoms with Gasteiger partial charge in [-0.05, 0) is 25.5 Å². The molecule has 0 spiro atoms. The van der Waals surface area contributed by atoms with E-state index in [4.69, 9.17) is 0 Å². The van der Waals surface area contributed by atoms with Gasteiger partial charge in [0.2, 0.25) is 0 Å². The molecule has 0 radical (unpaired) electrons. The molecule has 0 amide bonds. The summed E-state index contributed by atoms with van der Waals surface area (Å²) in [6.45, 7) is -0.114. The fourth-order valence-corrected chi connectivity index (χ4v) is 3.02. The molecule has 0 saturated carbocycles. The normalized spacial score (nSPS) is 20.1. The van der Waals surface area contributed by atoms with Gasteiger partial charge in [0.1, 0.15) is 5.82 Å². The number of nitro groups is 1. The van der Waals surface area contributed by atoms with Crippen LogP contribution in [0.3, 0.4) is 0 Å². The Labute approximate surface area is 132 Å². The molecule has 1 atom stereocenters. The maximum Gasteiger partial charge on any atom is 0.393 e. The van der Waals surface area contributed by atoms with E-state index in [1.807, 2.05) is 0 Å². The number of alkyl halides is 3. The number of hydrogen-bond donors (Lipinski definition) is 0. The molecule has 9 heteroatoms. The van der Waals surface area contributed by atoms with E-state index >= 15 is 0 Å². The van der Waals surface area contributed by atoms with Gasteiger partial charge in [0, 0.05) is 23.6 Å². The van der Waals surface area contributed by atoms with Crippen molar-refractivity contribution in [1.29, 1.82) is 0 Å². The van der Waals surface area contributed by atoms with Gasteiger partial charge in [-0.2, -0.15) is 13.2 Å². The highest BCUT2D eigenvalue weighted by molar-refractivity contribution is 9.10. The number of likely N-dealkylation sites (tertiary alicyclic amines) is 1. The maximum absolute atomic E-state index is 14.0. The lowest BCUT2D eigenvalue weighted by atomic mass is 9.97. The number of rotatable bonds is 3. The molecule has 1 aliphatic rings. The molecule has 2 rings (SSSR count). The molecule has 0 bridgehead atoms. The lowest BCUT2D eigenvalue weighted by Crippen LogP contribution is -2.41. The molecule has 4 nitrogen and oxygen atoms in total. The molecular weight excluding hydrogens is 372 g/mol. The molecule has 1 heterocycles. The van der Waals surface area contributed by atoms with E-state index in [1.165, 1.54) is 4.90 Å². The molecule has 0 aliphatic carbocycles. The topological polar surface area (TPSA) is 46.4 Å². The Morgan fingerprint density at radius 1 is 1.41 bits per heavy atom. The van der Waals surface area contributed by atoms with Crippen LogP contribution in [0.15, 0.2) is 16.6 Å². The summed E-state index contributed by atoms with van der Waals surface area (Å²) in [5.74, 6) is -2.27. The van der Waals surface area contributed by atoms with Crippen molar-refractivity contribution < 1.29 is 22.5 Å². The second-order valence-electron chi connectivity index (χ2n) is 5.26. The van der Waals surface area contributed by atoms with Crippen LogP contribution >= 0.6 is 15.9 Å². The third-order valence-corrected chi connectivity index (χ3v) is 4.14. The molecule has 1 aliphatic heterocycles. The summed E-state index contributed by atoms with van der Waals surface area (Å²) in [7, 11) is 0. The Morgan fingerprint density at radius 2 is 2.09 bits per heavy atom. The lowest BCUT2D eigenvalue weighted by Gasteiger charge is -2.33. The highest BCUT2D eigenvalue weighted by Crippen LogP contribution is 2.35. The van der Waals surface area contributed by atoms with E-state index in [0.717, 1.165) is 12.1 Å². The Morgan fingerprint density at radius 3 is 2.68 bits per heavy atom. The van der Waals surface area contributed by atoms with Crippen molar-refractivity contribution in [2.75, 3.05) is 13.1 Å². The van der Waals surface area contributed by atoms with Gasteiger partial charge in [0.05, 0.1) is 16.4 Å². The van der Waals surface area contributed by atoms with Crippen molar-refractivity contribution in [2.24, 2.45) is 5.92 Å². The first-order valence-electron chi connectivity index (χ1n) is 6.60. The fraction of sp³-hybridized carbons (Fsp3) is 0.538. The van der Waals surface area contributed by atoms with Gasteiger partial charge in [0.25, 0.3) is 5.69 Å². The summed E-state index contributed by atoms with van der Waals surface area (Å²) < 4.78 is 52.5. The first-order valence-corrected chi connectivity index (χ1v) is 7.39. The Bertz CT molecular complexity index is 580. The summed E-state index contributed by atoms with van der Waals surface area (Å²) in [4.78, 5) is 11.7. The summed E-state index contributed by atoms with van der Waals surface area (Å²) in [5, 5.41) is 11.0. The van der Waals surface area contributed by atoms with Gasteiger partial charge in [0.15, 0.2) is 0 Å². The van der Waals surface area contributed by atoms with E-state index < -0.39 is 28.5 Å². The van der Waals surface area contributed by atoms with Crippen molar-refractivity contribution >= 4 is 21.6 Å². The van der Waals surface area contributed by atoms with Crippen LogP contribution in [0, 0.1) is 21.8 Å². The predicted octanol–water partition coefficient (Wildman–Crippen LogP) is 4.27. The molecular formula is C13H13BrF4N2O2. The Kier molecular flexibility index (Phi) is 5.06. The summed E-state index contributed by atoms with van der Waals surface area (Å²) in [6.07, 6.45) is -3.94. The highest BCUT2D eigenvalue weighted by Gasteiger charge is 2.42. The SMILES string of the molecule is O=[N+]([O-])c1cc(Br)cc(F)c1CN1CCCC(C(F)(F)F)C1. The average Bonchev–Trinajstić information content (AvgIpc) is 2.40. The van der Waals surface area contributed by atoms with Crippen LogP contribution in [-0.2, 0) is 6.54 Å². The van der Waals surface area contributed by atoms with Crippen LogP contribution in [0.25, 0.3) is 0 Å². The van der Waals surface area contributed by atoms with Crippen molar-refractivity contribution in [3.8, 4) is 0 Å². The summed E-state index contributed by atoms with van der Waals surface area (Å²) in [5.41, 5.74) is -0.614. The third-order valence-electron chi connectivity index (χ3n) is 3.68. The molecule has 1 aromatic rings. The minimum Gasteiger partial charge on any atom is -0.298 e. The highest BCUT2D eigenvalue weighted by atomic mass is 79.9. The van der Waals surface area contributed by atoms with E-state index in [0.29, 0.717) is 13.0 Å². The quantitative estimate of drug-likeness (QED) is 0.444. The largest absolute Gasteiger partial charge is 0.393 e. The monoisotopic (exact) mass is 384 g/mol. The minimum absolute atomic E-state index is 0.0327. The van der Waals surface area contributed by atoms with Crippen molar-refractivity contribution in [3.63, 3.8) is 0 Å². The number of benzene rings is 1. The second-order valence-corrected chi connectivity index (χ2v) is 6.17. The number of hydrogen-bond acceptors (Lipinski definition) is 3. The van der Waals surface area contributed by atoms with Crippen molar-refractivity contribution in [2.45, 2.75) is 25.6 Å². The Balaban J connectivity index is 2.22. The number of nitro benzene ring substituents is 1. The number of piperidine rings is 1. The zero-order valence-corrected chi connectivity index (χ0v) is 13.0. The van der Waals surface area contributed by atoms with Crippen LogP contribution in [0.2, 0.25) is 0 Å².